The van der Waals surface area contributed by atoms with Gasteiger partial charge in [-0.05, 0) is 49.0 Å². The van der Waals surface area contributed by atoms with E-state index in [1.54, 1.807) is 19.2 Å². The van der Waals surface area contributed by atoms with E-state index in [2.05, 4.69) is 6.08 Å². The Kier molecular flexibility index (Phi) is 4.67. The molecule has 0 heterocycles. The van der Waals surface area contributed by atoms with Gasteiger partial charge in [0.2, 0.25) is 0 Å². The highest BCUT2D eigenvalue weighted by molar-refractivity contribution is 6.32. The fourth-order valence-corrected chi connectivity index (χ4v) is 2.62. The molecule has 2 nitrogen and oxygen atoms in total. The van der Waals surface area contributed by atoms with Gasteiger partial charge in [0, 0.05) is 0 Å². The Labute approximate surface area is 113 Å². The van der Waals surface area contributed by atoms with E-state index >= 15 is 0 Å². The summed E-state index contributed by atoms with van der Waals surface area (Å²) in [5, 5.41) is 10.9. The quantitative estimate of drug-likeness (QED) is 0.828. The largest absolute Gasteiger partial charge is 0.495 e. The van der Waals surface area contributed by atoms with Gasteiger partial charge >= 0.3 is 0 Å². The first kappa shape index (κ1) is 13.4. The number of allylic oxidation sites excluding steroid dienone is 1. The van der Waals surface area contributed by atoms with Crippen molar-refractivity contribution < 1.29 is 9.84 Å². The average Bonchev–Trinajstić information content (AvgIpc) is 2.66. The van der Waals surface area contributed by atoms with Crippen LogP contribution in [0.2, 0.25) is 5.02 Å². The maximum absolute atomic E-state index is 10.4. The molecule has 0 saturated carbocycles. The van der Waals surface area contributed by atoms with Crippen molar-refractivity contribution in [3.8, 4) is 5.75 Å². The number of hydrogen-bond acceptors (Lipinski definition) is 2. The van der Waals surface area contributed by atoms with E-state index < -0.39 is 6.10 Å². The predicted molar refractivity (Wildman–Crippen MR) is 74.1 cm³/mol. The zero-order chi connectivity index (χ0) is 13.0. The van der Waals surface area contributed by atoms with Gasteiger partial charge in [-0.15, -0.1) is 0 Å². The van der Waals surface area contributed by atoms with E-state index in [4.69, 9.17) is 16.3 Å². The van der Waals surface area contributed by atoms with Gasteiger partial charge in [0.05, 0.1) is 12.1 Å². The summed E-state index contributed by atoms with van der Waals surface area (Å²) in [6, 6.07) is 5.47. The Morgan fingerprint density at radius 3 is 2.83 bits per heavy atom. The second-order valence-corrected chi connectivity index (χ2v) is 5.08. The maximum atomic E-state index is 10.4. The van der Waals surface area contributed by atoms with Gasteiger partial charge in [-0.2, -0.15) is 0 Å². The third-order valence-corrected chi connectivity index (χ3v) is 3.71. The van der Waals surface area contributed by atoms with Gasteiger partial charge < -0.3 is 9.84 Å². The Bertz CT molecular complexity index is 440. The van der Waals surface area contributed by atoms with Gasteiger partial charge in [0.15, 0.2) is 0 Å². The van der Waals surface area contributed by atoms with Crippen LogP contribution in [0.25, 0.3) is 0 Å². The second-order valence-electron chi connectivity index (χ2n) is 4.67. The lowest BCUT2D eigenvalue weighted by atomic mass is 9.98. The monoisotopic (exact) mass is 266 g/mol. The summed E-state index contributed by atoms with van der Waals surface area (Å²) in [6.45, 7) is 0. The van der Waals surface area contributed by atoms with Crippen LogP contribution in [0, 0.1) is 0 Å². The summed E-state index contributed by atoms with van der Waals surface area (Å²) >= 11 is 6.09. The summed E-state index contributed by atoms with van der Waals surface area (Å²) in [7, 11) is 1.59. The molecule has 0 amide bonds. The molecule has 0 fully saturated rings. The van der Waals surface area contributed by atoms with Crippen molar-refractivity contribution in [3.05, 3.63) is 40.4 Å². The molecule has 1 atom stereocenters. The van der Waals surface area contributed by atoms with Crippen LogP contribution in [-0.2, 0) is 0 Å². The summed E-state index contributed by atoms with van der Waals surface area (Å²) in [6.07, 6.45) is 7.31. The molecule has 0 saturated heterocycles. The van der Waals surface area contributed by atoms with E-state index in [9.17, 15) is 5.11 Å². The standard InChI is InChI=1S/C15H19ClO2/c1-18-14-9-8-12(10-13(14)16)15(17)11-6-4-2-3-5-7-11/h6,8-10,15,17H,2-5,7H2,1H3. The van der Waals surface area contributed by atoms with Crippen LogP contribution >= 0.6 is 11.6 Å². The van der Waals surface area contributed by atoms with Crippen molar-refractivity contribution >= 4 is 11.6 Å². The fourth-order valence-electron chi connectivity index (χ4n) is 2.35. The van der Waals surface area contributed by atoms with Crippen molar-refractivity contribution in [2.75, 3.05) is 7.11 Å². The highest BCUT2D eigenvalue weighted by Gasteiger charge is 2.16. The Balaban J connectivity index is 2.19. The summed E-state index contributed by atoms with van der Waals surface area (Å²) < 4.78 is 5.12. The number of aliphatic hydroxyl groups is 1. The van der Waals surface area contributed by atoms with Gasteiger partial charge in [-0.1, -0.05) is 30.2 Å². The van der Waals surface area contributed by atoms with Crippen LogP contribution in [0.1, 0.15) is 43.8 Å². The van der Waals surface area contributed by atoms with Gasteiger partial charge in [0.25, 0.3) is 0 Å². The smallest absolute Gasteiger partial charge is 0.137 e. The predicted octanol–water partition coefficient (Wildman–Crippen LogP) is 4.27. The second kappa shape index (κ2) is 6.26. The molecule has 1 aromatic carbocycles. The SMILES string of the molecule is COc1ccc(C(O)C2=CCCCCC2)cc1Cl. The molecule has 1 N–H and O–H groups in total. The van der Waals surface area contributed by atoms with Crippen LogP contribution in [0.5, 0.6) is 5.75 Å². The molecule has 18 heavy (non-hydrogen) atoms. The number of methoxy groups -OCH3 is 1. The number of rotatable bonds is 3. The van der Waals surface area contributed by atoms with Crippen molar-refractivity contribution in [1.29, 1.82) is 0 Å². The van der Waals surface area contributed by atoms with E-state index in [0.717, 1.165) is 30.4 Å². The molecule has 0 aromatic heterocycles. The minimum Gasteiger partial charge on any atom is -0.495 e. The lowest BCUT2D eigenvalue weighted by Gasteiger charge is -2.15. The zero-order valence-electron chi connectivity index (χ0n) is 10.7. The Morgan fingerprint density at radius 1 is 1.28 bits per heavy atom. The topological polar surface area (TPSA) is 29.5 Å². The van der Waals surface area contributed by atoms with Crippen molar-refractivity contribution in [3.63, 3.8) is 0 Å². The van der Waals surface area contributed by atoms with E-state index in [0.29, 0.717) is 10.8 Å². The van der Waals surface area contributed by atoms with Crippen LogP contribution < -0.4 is 4.74 Å². The first-order chi connectivity index (χ1) is 8.72. The third-order valence-electron chi connectivity index (χ3n) is 3.42. The minimum atomic E-state index is -0.536. The molecule has 1 aromatic rings. The molecule has 0 aliphatic heterocycles. The van der Waals surface area contributed by atoms with Crippen molar-refractivity contribution in [1.82, 2.24) is 0 Å². The summed E-state index contributed by atoms with van der Waals surface area (Å²) in [5.74, 6) is 0.641. The summed E-state index contributed by atoms with van der Waals surface area (Å²) in [5.41, 5.74) is 1.96. The molecule has 0 radical (unpaired) electrons. The number of benzene rings is 1. The van der Waals surface area contributed by atoms with Gasteiger partial charge in [0.1, 0.15) is 11.9 Å². The number of ether oxygens (including phenoxy) is 1. The molecular formula is C15H19ClO2. The zero-order valence-corrected chi connectivity index (χ0v) is 11.4. The number of aliphatic hydroxyl groups excluding tert-OH is 1. The van der Waals surface area contributed by atoms with Crippen LogP contribution in [0.4, 0.5) is 0 Å². The molecule has 2 rings (SSSR count). The van der Waals surface area contributed by atoms with Crippen LogP contribution in [-0.4, -0.2) is 12.2 Å². The Hall–Kier alpha value is -0.990. The first-order valence-corrected chi connectivity index (χ1v) is 6.80. The molecule has 3 heteroatoms. The van der Waals surface area contributed by atoms with E-state index in [1.807, 2.05) is 6.07 Å². The molecular weight excluding hydrogens is 248 g/mol. The normalized spacial score (nSPS) is 17.8. The molecule has 0 spiro atoms. The summed E-state index contributed by atoms with van der Waals surface area (Å²) in [4.78, 5) is 0. The molecule has 98 valence electrons. The third kappa shape index (κ3) is 3.06. The lowest BCUT2D eigenvalue weighted by Crippen LogP contribution is -2.02. The molecule has 1 aliphatic rings. The lowest BCUT2D eigenvalue weighted by molar-refractivity contribution is 0.210. The molecule has 1 aliphatic carbocycles. The minimum absolute atomic E-state index is 0.536. The van der Waals surface area contributed by atoms with Gasteiger partial charge in [-0.25, -0.2) is 0 Å². The number of hydrogen-bond donors (Lipinski definition) is 1. The molecule has 0 bridgehead atoms. The fraction of sp³-hybridized carbons (Fsp3) is 0.467. The maximum Gasteiger partial charge on any atom is 0.137 e. The Morgan fingerprint density at radius 2 is 2.11 bits per heavy atom. The number of halogens is 1. The average molecular weight is 267 g/mol. The highest BCUT2D eigenvalue weighted by Crippen LogP contribution is 2.33. The van der Waals surface area contributed by atoms with Crippen LogP contribution in [0.3, 0.4) is 0 Å². The highest BCUT2D eigenvalue weighted by atomic mass is 35.5. The van der Waals surface area contributed by atoms with Crippen molar-refractivity contribution in [2.24, 2.45) is 0 Å². The van der Waals surface area contributed by atoms with Crippen molar-refractivity contribution in [2.45, 2.75) is 38.2 Å². The van der Waals surface area contributed by atoms with E-state index in [-0.39, 0.29) is 0 Å². The molecule has 1 unspecified atom stereocenters. The van der Waals surface area contributed by atoms with Crippen LogP contribution in [0.15, 0.2) is 29.8 Å². The van der Waals surface area contributed by atoms with Gasteiger partial charge in [-0.3, -0.25) is 0 Å². The first-order valence-electron chi connectivity index (χ1n) is 6.43. The van der Waals surface area contributed by atoms with E-state index in [1.165, 1.54) is 12.8 Å².